The van der Waals surface area contributed by atoms with E-state index in [-0.39, 0.29) is 0 Å². The second-order valence-electron chi connectivity index (χ2n) is 3.37. The summed E-state index contributed by atoms with van der Waals surface area (Å²) in [5.41, 5.74) is 0. The van der Waals surface area contributed by atoms with Gasteiger partial charge in [-0.3, -0.25) is 0 Å². The zero-order valence-corrected chi connectivity index (χ0v) is 11.5. The molecule has 0 amide bonds. The molecule has 0 unspecified atom stereocenters. The van der Waals surface area contributed by atoms with Crippen molar-refractivity contribution in [3.8, 4) is 0 Å². The maximum absolute atomic E-state index is 5.63. The Labute approximate surface area is 103 Å². The van der Waals surface area contributed by atoms with Crippen molar-refractivity contribution in [2.75, 3.05) is 19.5 Å². The fourth-order valence-electron chi connectivity index (χ4n) is 1.26. The molecule has 0 atom stereocenters. The Morgan fingerprint density at radius 2 is 2.29 bits per heavy atom. The van der Waals surface area contributed by atoms with Gasteiger partial charge in [0, 0.05) is 27.2 Å². The molecule has 0 N–H and O–H groups in total. The Morgan fingerprint density at radius 3 is 2.86 bits per heavy atom. The van der Waals surface area contributed by atoms with Gasteiger partial charge in [0.25, 0.3) is 0 Å². The number of thiophene rings is 1. The van der Waals surface area contributed by atoms with Gasteiger partial charge in [0.05, 0.1) is 0 Å². The summed E-state index contributed by atoms with van der Waals surface area (Å²) in [6.45, 7) is 2.17. The third-order valence-corrected chi connectivity index (χ3v) is 3.92. The quantitative estimate of drug-likeness (QED) is 0.567. The van der Waals surface area contributed by atoms with E-state index >= 15 is 0 Å². The first-order valence-corrected chi connectivity index (χ1v) is 6.90. The molecule has 1 aromatic heterocycles. The van der Waals surface area contributed by atoms with E-state index < -0.39 is 0 Å². The number of halogens is 2. The van der Waals surface area contributed by atoms with Crippen molar-refractivity contribution in [2.24, 2.45) is 0 Å². The molecular weight excluding hydrogens is 282 g/mol. The Bertz CT molecular complexity index is 264. The van der Waals surface area contributed by atoms with E-state index in [1.54, 1.807) is 11.3 Å². The number of unbranched alkanes of at least 4 members (excludes halogenated alkanes) is 1. The lowest BCUT2D eigenvalue weighted by atomic mass is 10.3. The normalized spacial score (nSPS) is 11.1. The average Bonchev–Trinajstić information content (AvgIpc) is 2.52. The van der Waals surface area contributed by atoms with Gasteiger partial charge in [-0.1, -0.05) is 0 Å². The summed E-state index contributed by atoms with van der Waals surface area (Å²) in [4.78, 5) is 3.75. The molecule has 0 saturated heterocycles. The van der Waals surface area contributed by atoms with Gasteiger partial charge in [0.1, 0.15) is 0 Å². The SMILES string of the molecule is CN(CCCCCl)Cc1cc(Br)cs1. The van der Waals surface area contributed by atoms with Crippen LogP contribution in [0.4, 0.5) is 0 Å². The molecule has 1 nitrogen and oxygen atoms in total. The van der Waals surface area contributed by atoms with Crippen LogP contribution in [0.2, 0.25) is 0 Å². The summed E-state index contributed by atoms with van der Waals surface area (Å²) < 4.78 is 1.19. The molecule has 0 radical (unpaired) electrons. The van der Waals surface area contributed by atoms with Crippen LogP contribution in [0, 0.1) is 0 Å². The predicted molar refractivity (Wildman–Crippen MR) is 68.3 cm³/mol. The zero-order chi connectivity index (χ0) is 10.4. The molecule has 0 aliphatic carbocycles. The number of rotatable bonds is 6. The van der Waals surface area contributed by atoms with Gasteiger partial charge in [-0.15, -0.1) is 22.9 Å². The Balaban J connectivity index is 2.23. The van der Waals surface area contributed by atoms with Crippen molar-refractivity contribution in [3.63, 3.8) is 0 Å². The molecule has 80 valence electrons. The first-order chi connectivity index (χ1) is 6.72. The first-order valence-electron chi connectivity index (χ1n) is 4.70. The van der Waals surface area contributed by atoms with Crippen LogP contribution >= 0.6 is 38.9 Å². The van der Waals surface area contributed by atoms with Crippen molar-refractivity contribution >= 4 is 38.9 Å². The molecule has 0 fully saturated rings. The molecule has 0 spiro atoms. The van der Waals surface area contributed by atoms with Gasteiger partial charge in [0.15, 0.2) is 0 Å². The highest BCUT2D eigenvalue weighted by Gasteiger charge is 2.02. The minimum atomic E-state index is 0.776. The second-order valence-corrected chi connectivity index (χ2v) is 5.65. The predicted octanol–water partition coefficient (Wildman–Crippen LogP) is 3.96. The third kappa shape index (κ3) is 4.78. The van der Waals surface area contributed by atoms with Crippen LogP contribution in [-0.4, -0.2) is 24.4 Å². The van der Waals surface area contributed by atoms with Gasteiger partial charge in [-0.2, -0.15) is 0 Å². The highest BCUT2D eigenvalue weighted by Crippen LogP contribution is 2.20. The van der Waals surface area contributed by atoms with Crippen LogP contribution in [0.5, 0.6) is 0 Å². The largest absolute Gasteiger partial charge is 0.301 e. The molecule has 0 aliphatic heterocycles. The fourth-order valence-corrected chi connectivity index (χ4v) is 2.98. The van der Waals surface area contributed by atoms with E-state index in [1.807, 2.05) is 0 Å². The standard InChI is InChI=1S/C10H15BrClNS/c1-13(5-3-2-4-12)7-10-6-9(11)8-14-10/h6,8H,2-5,7H2,1H3. The van der Waals surface area contributed by atoms with E-state index in [9.17, 15) is 0 Å². The topological polar surface area (TPSA) is 3.24 Å². The van der Waals surface area contributed by atoms with E-state index in [2.05, 4.69) is 39.3 Å². The lowest BCUT2D eigenvalue weighted by molar-refractivity contribution is 0.324. The summed E-state index contributed by atoms with van der Waals surface area (Å²) >= 11 is 10.9. The maximum atomic E-state index is 5.63. The highest BCUT2D eigenvalue weighted by molar-refractivity contribution is 9.10. The molecular formula is C10H15BrClNS. The van der Waals surface area contributed by atoms with Crippen molar-refractivity contribution in [1.82, 2.24) is 4.90 Å². The molecule has 1 aromatic rings. The van der Waals surface area contributed by atoms with Gasteiger partial charge in [-0.05, 0) is 48.4 Å². The smallest absolute Gasteiger partial charge is 0.0325 e. The van der Waals surface area contributed by atoms with E-state index in [1.165, 1.54) is 15.8 Å². The van der Waals surface area contributed by atoms with Gasteiger partial charge in [-0.25, -0.2) is 0 Å². The zero-order valence-electron chi connectivity index (χ0n) is 8.30. The summed E-state index contributed by atoms with van der Waals surface area (Å²) in [6, 6.07) is 2.18. The Morgan fingerprint density at radius 1 is 1.50 bits per heavy atom. The molecule has 0 aromatic carbocycles. The highest BCUT2D eigenvalue weighted by atomic mass is 79.9. The van der Waals surface area contributed by atoms with Crippen molar-refractivity contribution in [1.29, 1.82) is 0 Å². The van der Waals surface area contributed by atoms with Crippen LogP contribution in [0.3, 0.4) is 0 Å². The lowest BCUT2D eigenvalue weighted by Crippen LogP contribution is -2.18. The summed E-state index contributed by atoms with van der Waals surface area (Å²) in [5.74, 6) is 0.776. The third-order valence-electron chi connectivity index (χ3n) is 1.97. The summed E-state index contributed by atoms with van der Waals surface area (Å²) in [7, 11) is 2.15. The van der Waals surface area contributed by atoms with Crippen molar-refractivity contribution in [2.45, 2.75) is 19.4 Å². The van der Waals surface area contributed by atoms with Gasteiger partial charge < -0.3 is 4.90 Å². The number of nitrogens with zero attached hydrogens (tertiary/aromatic N) is 1. The van der Waals surface area contributed by atoms with Gasteiger partial charge >= 0.3 is 0 Å². The van der Waals surface area contributed by atoms with Crippen LogP contribution in [0.15, 0.2) is 15.9 Å². The number of alkyl halides is 1. The summed E-state index contributed by atoms with van der Waals surface area (Å²) in [6.07, 6.45) is 2.30. The van der Waals surface area contributed by atoms with E-state index in [0.717, 1.165) is 25.4 Å². The molecule has 0 bridgehead atoms. The molecule has 1 rings (SSSR count). The Hall–Kier alpha value is 0.430. The Kier molecular flexibility index (Phi) is 6.10. The van der Waals surface area contributed by atoms with Crippen LogP contribution < -0.4 is 0 Å². The average molecular weight is 297 g/mol. The van der Waals surface area contributed by atoms with Crippen LogP contribution in [-0.2, 0) is 6.54 Å². The number of hydrogen-bond donors (Lipinski definition) is 0. The molecule has 1 heterocycles. The van der Waals surface area contributed by atoms with Gasteiger partial charge in [0.2, 0.25) is 0 Å². The molecule has 4 heteroatoms. The monoisotopic (exact) mass is 295 g/mol. The molecule has 14 heavy (non-hydrogen) atoms. The number of hydrogen-bond acceptors (Lipinski definition) is 2. The minimum absolute atomic E-state index is 0.776. The molecule has 0 aliphatic rings. The van der Waals surface area contributed by atoms with Crippen LogP contribution in [0.1, 0.15) is 17.7 Å². The second kappa shape index (κ2) is 6.83. The van der Waals surface area contributed by atoms with Crippen molar-refractivity contribution in [3.05, 3.63) is 20.8 Å². The van der Waals surface area contributed by atoms with Crippen LogP contribution in [0.25, 0.3) is 0 Å². The van der Waals surface area contributed by atoms with E-state index in [4.69, 9.17) is 11.6 Å². The first kappa shape index (κ1) is 12.5. The lowest BCUT2D eigenvalue weighted by Gasteiger charge is -2.14. The van der Waals surface area contributed by atoms with E-state index in [0.29, 0.717) is 0 Å². The van der Waals surface area contributed by atoms with Crippen molar-refractivity contribution < 1.29 is 0 Å². The maximum Gasteiger partial charge on any atom is 0.0325 e. The fraction of sp³-hybridized carbons (Fsp3) is 0.600. The minimum Gasteiger partial charge on any atom is -0.301 e. The summed E-state index contributed by atoms with van der Waals surface area (Å²) in [5, 5.41) is 2.13. The molecule has 0 saturated carbocycles.